The molecule has 0 bridgehead atoms. The summed E-state index contributed by atoms with van der Waals surface area (Å²) in [6.07, 6.45) is 10.3. The lowest BCUT2D eigenvalue weighted by Gasteiger charge is -2.04. The first-order chi connectivity index (χ1) is 9.22. The third kappa shape index (κ3) is 2.96. The molecule has 96 valence electrons. The Morgan fingerprint density at radius 3 is 3.00 bits per heavy atom. The topological polar surface area (TPSA) is 72.7 Å². The minimum Gasteiger partial charge on any atom is -0.320 e. The van der Waals surface area contributed by atoms with Crippen LogP contribution in [0.1, 0.15) is 22.5 Å². The Morgan fingerprint density at radius 1 is 1.47 bits per heavy atom. The Bertz CT molecular complexity index is 612. The molecule has 0 saturated carbocycles. The maximum absolute atomic E-state index is 12.1. The van der Waals surface area contributed by atoms with E-state index in [4.69, 9.17) is 6.42 Å². The number of carbonyl (C=O) groups is 1. The van der Waals surface area contributed by atoms with Crippen molar-refractivity contribution in [1.29, 1.82) is 0 Å². The first kappa shape index (κ1) is 12.8. The van der Waals surface area contributed by atoms with E-state index in [1.807, 2.05) is 6.92 Å². The van der Waals surface area contributed by atoms with Gasteiger partial charge in [-0.3, -0.25) is 9.48 Å². The molecule has 2 heterocycles. The van der Waals surface area contributed by atoms with Crippen LogP contribution in [0.5, 0.6) is 0 Å². The summed E-state index contributed by atoms with van der Waals surface area (Å²) in [5, 5.41) is 14.2. The average molecular weight is 255 g/mol. The van der Waals surface area contributed by atoms with Gasteiger partial charge in [-0.1, -0.05) is 0 Å². The number of amides is 1. The van der Waals surface area contributed by atoms with E-state index in [9.17, 15) is 4.79 Å². The van der Waals surface area contributed by atoms with E-state index in [1.165, 1.54) is 18.6 Å². The van der Waals surface area contributed by atoms with Gasteiger partial charge in [0.2, 0.25) is 0 Å². The summed E-state index contributed by atoms with van der Waals surface area (Å²) >= 11 is 0. The summed E-state index contributed by atoms with van der Waals surface area (Å²) in [6, 6.07) is 1.67. The van der Waals surface area contributed by atoms with Crippen molar-refractivity contribution in [1.82, 2.24) is 20.0 Å². The van der Waals surface area contributed by atoms with Gasteiger partial charge in [-0.05, 0) is 13.0 Å². The van der Waals surface area contributed by atoms with E-state index in [1.54, 1.807) is 10.7 Å². The molecule has 19 heavy (non-hydrogen) atoms. The highest BCUT2D eigenvalue weighted by atomic mass is 16.1. The van der Waals surface area contributed by atoms with Gasteiger partial charge in [-0.15, -0.1) is 12.3 Å². The summed E-state index contributed by atoms with van der Waals surface area (Å²) in [5.41, 5.74) is 1.90. The van der Waals surface area contributed by atoms with Crippen molar-refractivity contribution >= 4 is 11.6 Å². The molecule has 1 amide bonds. The van der Waals surface area contributed by atoms with Crippen LogP contribution in [0.15, 0.2) is 24.7 Å². The summed E-state index contributed by atoms with van der Waals surface area (Å²) in [5.74, 6) is 2.32. The highest BCUT2D eigenvalue weighted by Crippen LogP contribution is 2.11. The normalized spacial score (nSPS) is 9.89. The third-order valence-corrected chi connectivity index (χ3v) is 2.66. The summed E-state index contributed by atoms with van der Waals surface area (Å²) in [7, 11) is 0. The van der Waals surface area contributed by atoms with Crippen LogP contribution in [-0.4, -0.2) is 25.9 Å². The molecule has 0 radical (unpaired) electrons. The van der Waals surface area contributed by atoms with Gasteiger partial charge in [-0.2, -0.15) is 15.3 Å². The molecule has 0 aromatic carbocycles. The Kier molecular flexibility index (Phi) is 3.88. The number of carbonyl (C=O) groups excluding carboxylic acids is 1. The number of nitrogens with zero attached hydrogens (tertiary/aromatic N) is 4. The number of hydrogen-bond acceptors (Lipinski definition) is 4. The predicted octanol–water partition coefficient (Wildman–Crippen LogP) is 1.26. The van der Waals surface area contributed by atoms with Crippen LogP contribution in [0.25, 0.3) is 0 Å². The number of aryl methyl sites for hydroxylation is 1. The van der Waals surface area contributed by atoms with Crippen molar-refractivity contribution in [3.05, 3.63) is 35.9 Å². The van der Waals surface area contributed by atoms with Crippen LogP contribution in [-0.2, 0) is 6.54 Å². The quantitative estimate of drug-likeness (QED) is 0.835. The van der Waals surface area contributed by atoms with Gasteiger partial charge in [0.1, 0.15) is 0 Å². The molecular weight excluding hydrogens is 242 g/mol. The van der Waals surface area contributed by atoms with Crippen LogP contribution in [0, 0.1) is 19.3 Å². The minimum atomic E-state index is -0.225. The second kappa shape index (κ2) is 5.78. The van der Waals surface area contributed by atoms with Crippen molar-refractivity contribution in [2.45, 2.75) is 19.9 Å². The molecular formula is C13H13N5O. The Balaban J connectivity index is 2.12. The molecule has 0 spiro atoms. The number of terminal acetylenes is 1. The maximum atomic E-state index is 12.1. The third-order valence-electron chi connectivity index (χ3n) is 2.66. The fraction of sp³-hybridized carbons (Fsp3) is 0.231. The molecule has 2 aromatic heterocycles. The summed E-state index contributed by atoms with van der Waals surface area (Å²) < 4.78 is 1.72. The van der Waals surface area contributed by atoms with Crippen LogP contribution in [0.3, 0.4) is 0 Å². The van der Waals surface area contributed by atoms with Crippen molar-refractivity contribution < 1.29 is 4.79 Å². The van der Waals surface area contributed by atoms with Gasteiger partial charge < -0.3 is 5.32 Å². The first-order valence-corrected chi connectivity index (χ1v) is 5.76. The van der Waals surface area contributed by atoms with Gasteiger partial charge in [0.15, 0.2) is 0 Å². The fourth-order valence-electron chi connectivity index (χ4n) is 1.63. The van der Waals surface area contributed by atoms with Crippen LogP contribution in [0.2, 0.25) is 0 Å². The van der Waals surface area contributed by atoms with Crippen molar-refractivity contribution in [3.8, 4) is 12.3 Å². The van der Waals surface area contributed by atoms with E-state index in [-0.39, 0.29) is 5.91 Å². The summed E-state index contributed by atoms with van der Waals surface area (Å²) in [4.78, 5) is 12.1. The lowest BCUT2D eigenvalue weighted by Crippen LogP contribution is -2.13. The fourth-order valence-corrected chi connectivity index (χ4v) is 1.63. The Labute approximate surface area is 110 Å². The van der Waals surface area contributed by atoms with E-state index in [0.717, 1.165) is 5.69 Å². The molecule has 0 saturated heterocycles. The molecule has 2 rings (SSSR count). The highest BCUT2D eigenvalue weighted by molar-refractivity contribution is 6.04. The van der Waals surface area contributed by atoms with E-state index >= 15 is 0 Å². The smallest absolute Gasteiger partial charge is 0.259 e. The largest absolute Gasteiger partial charge is 0.320 e. The predicted molar refractivity (Wildman–Crippen MR) is 70.4 cm³/mol. The Morgan fingerprint density at radius 2 is 2.32 bits per heavy atom. The lowest BCUT2D eigenvalue weighted by atomic mass is 10.2. The van der Waals surface area contributed by atoms with Gasteiger partial charge in [0.25, 0.3) is 5.91 Å². The number of rotatable bonds is 4. The van der Waals surface area contributed by atoms with Gasteiger partial charge in [-0.25, -0.2) is 0 Å². The second-order valence-corrected chi connectivity index (χ2v) is 3.91. The van der Waals surface area contributed by atoms with Gasteiger partial charge in [0, 0.05) is 12.1 Å². The molecule has 0 fully saturated rings. The zero-order valence-corrected chi connectivity index (χ0v) is 10.5. The molecule has 0 atom stereocenters. The molecule has 0 aliphatic rings. The number of anilines is 1. The standard InChI is InChI=1S/C13H13N5O/c1-3-4-7-18-10(2)12(9-16-18)13(19)17-11-5-6-14-15-8-11/h1,5-6,8-9H,4,7H2,2H3,(H,14,17,19). The molecule has 6 heteroatoms. The molecule has 6 nitrogen and oxygen atoms in total. The van der Waals surface area contributed by atoms with Crippen molar-refractivity contribution in [3.63, 3.8) is 0 Å². The molecule has 0 aliphatic carbocycles. The van der Waals surface area contributed by atoms with E-state index < -0.39 is 0 Å². The van der Waals surface area contributed by atoms with Gasteiger partial charge >= 0.3 is 0 Å². The molecule has 2 aromatic rings. The molecule has 1 N–H and O–H groups in total. The van der Waals surface area contributed by atoms with E-state index in [2.05, 4.69) is 26.5 Å². The maximum Gasteiger partial charge on any atom is 0.259 e. The SMILES string of the molecule is C#CCCn1ncc(C(=O)Nc2ccnnc2)c1C. The number of hydrogen-bond donors (Lipinski definition) is 1. The highest BCUT2D eigenvalue weighted by Gasteiger charge is 2.14. The van der Waals surface area contributed by atoms with Crippen molar-refractivity contribution in [2.24, 2.45) is 0 Å². The molecule has 0 unspecified atom stereocenters. The zero-order valence-electron chi connectivity index (χ0n) is 10.5. The number of aromatic nitrogens is 4. The van der Waals surface area contributed by atoms with E-state index in [0.29, 0.717) is 24.2 Å². The van der Waals surface area contributed by atoms with Crippen LogP contribution in [0.4, 0.5) is 5.69 Å². The minimum absolute atomic E-state index is 0.225. The Hall–Kier alpha value is -2.68. The monoisotopic (exact) mass is 255 g/mol. The second-order valence-electron chi connectivity index (χ2n) is 3.91. The molecule has 0 aliphatic heterocycles. The first-order valence-electron chi connectivity index (χ1n) is 5.76. The van der Waals surface area contributed by atoms with Crippen molar-refractivity contribution in [2.75, 3.05) is 5.32 Å². The zero-order chi connectivity index (χ0) is 13.7. The lowest BCUT2D eigenvalue weighted by molar-refractivity contribution is 0.102. The summed E-state index contributed by atoms with van der Waals surface area (Å²) in [6.45, 7) is 2.44. The van der Waals surface area contributed by atoms with Crippen LogP contribution >= 0.6 is 0 Å². The number of nitrogens with one attached hydrogen (secondary N) is 1. The average Bonchev–Trinajstić information content (AvgIpc) is 2.79. The van der Waals surface area contributed by atoms with Gasteiger partial charge in [0.05, 0.1) is 36.4 Å². The van der Waals surface area contributed by atoms with Crippen LogP contribution < -0.4 is 5.32 Å².